The molecule has 1 saturated heterocycles. The summed E-state index contributed by atoms with van der Waals surface area (Å²) in [6, 6.07) is 17.8. The molecule has 4 aromatic rings. The van der Waals surface area contributed by atoms with Gasteiger partial charge >= 0.3 is 17.0 Å². The number of anilines is 2. The van der Waals surface area contributed by atoms with Crippen molar-refractivity contribution in [2.45, 2.75) is 62.0 Å². The molecule has 2 aliphatic heterocycles. The highest BCUT2D eigenvalue weighted by Gasteiger charge is 2.57. The highest BCUT2D eigenvalue weighted by Crippen LogP contribution is 2.54. The second kappa shape index (κ2) is 13.2. The maximum atomic E-state index is 14.2. The van der Waals surface area contributed by atoms with Gasteiger partial charge in [0.2, 0.25) is 17.7 Å². The van der Waals surface area contributed by atoms with E-state index < -0.39 is 63.9 Å². The molecule has 1 aromatic heterocycles. The van der Waals surface area contributed by atoms with E-state index in [1.165, 1.54) is 41.0 Å². The normalized spacial score (nSPS) is 18.9. The van der Waals surface area contributed by atoms with Gasteiger partial charge in [0.15, 0.2) is 0 Å². The van der Waals surface area contributed by atoms with E-state index in [0.717, 1.165) is 45.7 Å². The Bertz CT molecular complexity index is 2050. The number of nitrogens with zero attached hydrogens (tertiary/aromatic N) is 2. The van der Waals surface area contributed by atoms with Crippen molar-refractivity contribution in [1.29, 1.82) is 0 Å². The van der Waals surface area contributed by atoms with E-state index in [2.05, 4.69) is 26.1 Å². The number of nitrogens with one attached hydrogen (secondary N) is 1. The van der Waals surface area contributed by atoms with Crippen LogP contribution in [0.5, 0.6) is 0 Å². The molecular weight excluding hydrogens is 692 g/mol. The SMILES string of the molecule is CCOC(=O)c1ccc(N2C(=O)C3Sc4c(sc(=O)n4CC(=O)Nc4cccc(C(F)(F)F)c4)[C@@H](c4ccc(C(C)(C)C)cc4)C3C2=O)cc1. The largest absolute Gasteiger partial charge is 0.462 e. The first-order valence-corrected chi connectivity index (χ1v) is 17.4. The Morgan fingerprint density at radius 2 is 1.58 bits per heavy atom. The molecule has 3 aromatic carbocycles. The predicted octanol–water partition coefficient (Wildman–Crippen LogP) is 6.84. The molecule has 3 amide bonds. The van der Waals surface area contributed by atoms with Crippen molar-refractivity contribution in [3.8, 4) is 0 Å². The van der Waals surface area contributed by atoms with Crippen LogP contribution in [0.2, 0.25) is 0 Å². The van der Waals surface area contributed by atoms with Crippen molar-refractivity contribution in [2.75, 3.05) is 16.8 Å². The highest BCUT2D eigenvalue weighted by atomic mass is 32.2. The lowest BCUT2D eigenvalue weighted by Crippen LogP contribution is -2.33. The van der Waals surface area contributed by atoms with Crippen LogP contribution in [0.1, 0.15) is 65.5 Å². The van der Waals surface area contributed by atoms with Gasteiger partial charge in [-0.3, -0.25) is 23.7 Å². The zero-order valence-electron chi connectivity index (χ0n) is 27.4. The zero-order valence-corrected chi connectivity index (χ0v) is 29.0. The first kappa shape index (κ1) is 35.1. The van der Waals surface area contributed by atoms with E-state index in [1.54, 1.807) is 6.92 Å². The number of hydrogen-bond donors (Lipinski definition) is 1. The van der Waals surface area contributed by atoms with Gasteiger partial charge in [-0.05, 0) is 65.9 Å². The molecule has 1 fully saturated rings. The van der Waals surface area contributed by atoms with Crippen LogP contribution < -0.4 is 15.1 Å². The third-order valence-corrected chi connectivity index (χ3v) is 11.2. The smallest absolute Gasteiger partial charge is 0.416 e. The molecule has 2 aliphatic rings. The fourth-order valence-corrected chi connectivity index (χ4v) is 8.91. The molecule has 0 saturated carbocycles. The van der Waals surface area contributed by atoms with E-state index in [-0.39, 0.29) is 29.0 Å². The fraction of sp³-hybridized carbons (Fsp3) is 0.306. The summed E-state index contributed by atoms with van der Waals surface area (Å²) < 4.78 is 46.0. The number of thiazole rings is 1. The molecule has 1 N–H and O–H groups in total. The summed E-state index contributed by atoms with van der Waals surface area (Å²) in [5, 5.41) is 1.81. The summed E-state index contributed by atoms with van der Waals surface area (Å²) in [7, 11) is 0. The Balaban J connectivity index is 1.37. The zero-order chi connectivity index (χ0) is 36.1. The summed E-state index contributed by atoms with van der Waals surface area (Å²) in [4.78, 5) is 68.2. The number of hydrogen-bond acceptors (Lipinski definition) is 8. The van der Waals surface area contributed by atoms with Crippen molar-refractivity contribution in [1.82, 2.24) is 4.57 Å². The number of aromatic nitrogens is 1. The topological polar surface area (TPSA) is 115 Å². The molecular formula is C36H32F3N3O6S2. The van der Waals surface area contributed by atoms with Gasteiger partial charge in [0.25, 0.3) is 0 Å². The number of alkyl halides is 3. The van der Waals surface area contributed by atoms with Crippen molar-refractivity contribution in [3.63, 3.8) is 0 Å². The molecule has 0 spiro atoms. The Morgan fingerprint density at radius 3 is 2.20 bits per heavy atom. The van der Waals surface area contributed by atoms with Crippen LogP contribution in [-0.4, -0.2) is 40.1 Å². The number of fused-ring (bicyclic) bond motifs is 2. The van der Waals surface area contributed by atoms with Gasteiger partial charge in [-0.1, -0.05) is 74.2 Å². The standard InChI is InChI=1S/C36H32F3N3O6S2/c1-5-48-33(46)20-11-15-24(16-12-20)42-30(44)27-26(19-9-13-21(14-10-19)35(2,3)4)29-32(49-28(27)31(42)45)41(34(47)50-29)18-25(43)40-23-8-6-7-22(17-23)36(37,38)39/h6-17,26-28H,5,18H2,1-4H3,(H,40,43)/t26-,27?,28?/m0/s1. The number of carbonyl (C=O) groups excluding carboxylic acids is 4. The molecule has 50 heavy (non-hydrogen) atoms. The Labute approximate surface area is 293 Å². The van der Waals surface area contributed by atoms with Gasteiger partial charge in [-0.25, -0.2) is 9.69 Å². The molecule has 0 radical (unpaired) electrons. The Kier molecular flexibility index (Phi) is 9.29. The monoisotopic (exact) mass is 723 g/mol. The molecule has 3 atom stereocenters. The quantitative estimate of drug-likeness (QED) is 0.164. The van der Waals surface area contributed by atoms with E-state index in [9.17, 15) is 37.1 Å². The third kappa shape index (κ3) is 6.61. The van der Waals surface area contributed by atoms with E-state index in [1.807, 2.05) is 24.3 Å². The lowest BCUT2D eigenvalue weighted by Gasteiger charge is -2.31. The molecule has 6 rings (SSSR count). The van der Waals surface area contributed by atoms with Crippen molar-refractivity contribution in [3.05, 3.63) is 110 Å². The summed E-state index contributed by atoms with van der Waals surface area (Å²) >= 11 is 1.89. The van der Waals surface area contributed by atoms with Gasteiger partial charge < -0.3 is 10.1 Å². The van der Waals surface area contributed by atoms with E-state index >= 15 is 0 Å². The number of amides is 3. The number of benzene rings is 3. The Hall–Kier alpha value is -4.69. The van der Waals surface area contributed by atoms with Gasteiger partial charge in [0.05, 0.1) is 34.4 Å². The fourth-order valence-electron chi connectivity index (χ4n) is 6.14. The predicted molar refractivity (Wildman–Crippen MR) is 184 cm³/mol. The second-order valence-corrected chi connectivity index (χ2v) is 15.1. The number of carbonyl (C=O) groups is 4. The molecule has 2 unspecified atom stereocenters. The van der Waals surface area contributed by atoms with Crippen LogP contribution in [0.3, 0.4) is 0 Å². The first-order chi connectivity index (χ1) is 23.6. The number of esters is 1. The minimum Gasteiger partial charge on any atom is -0.462 e. The minimum atomic E-state index is -4.61. The van der Waals surface area contributed by atoms with Crippen LogP contribution in [-0.2, 0) is 37.3 Å². The first-order valence-electron chi connectivity index (χ1n) is 15.7. The number of ether oxygens (including phenoxy) is 1. The molecule has 260 valence electrons. The summed E-state index contributed by atoms with van der Waals surface area (Å²) in [5.74, 6) is -3.87. The third-order valence-electron chi connectivity index (χ3n) is 8.60. The van der Waals surface area contributed by atoms with Crippen LogP contribution in [0.4, 0.5) is 24.5 Å². The molecule has 3 heterocycles. The van der Waals surface area contributed by atoms with Gasteiger partial charge in [0.1, 0.15) is 11.8 Å². The van der Waals surface area contributed by atoms with E-state index in [4.69, 9.17) is 4.74 Å². The van der Waals surface area contributed by atoms with Crippen LogP contribution >= 0.6 is 23.1 Å². The number of halogens is 3. The van der Waals surface area contributed by atoms with Crippen LogP contribution in [0.15, 0.2) is 82.6 Å². The molecule has 9 nitrogen and oxygen atoms in total. The highest BCUT2D eigenvalue weighted by molar-refractivity contribution is 8.00. The average molecular weight is 724 g/mol. The second-order valence-electron chi connectivity index (χ2n) is 12.9. The van der Waals surface area contributed by atoms with E-state index in [0.29, 0.717) is 15.5 Å². The lowest BCUT2D eigenvalue weighted by atomic mass is 9.81. The maximum absolute atomic E-state index is 14.2. The average Bonchev–Trinajstić information content (AvgIpc) is 3.50. The number of rotatable bonds is 7. The lowest BCUT2D eigenvalue weighted by molar-refractivity contribution is -0.137. The Morgan fingerprint density at radius 1 is 0.900 bits per heavy atom. The molecule has 0 bridgehead atoms. The minimum absolute atomic E-state index is 0.0901. The van der Waals surface area contributed by atoms with Crippen molar-refractivity contribution < 1.29 is 37.1 Å². The van der Waals surface area contributed by atoms with Crippen LogP contribution in [0, 0.1) is 5.92 Å². The summed E-state index contributed by atoms with van der Waals surface area (Å²) in [6.45, 7) is 7.53. The summed E-state index contributed by atoms with van der Waals surface area (Å²) in [5.41, 5.74) is 1.08. The molecule has 0 aliphatic carbocycles. The van der Waals surface area contributed by atoms with Gasteiger partial charge in [0, 0.05) is 16.5 Å². The van der Waals surface area contributed by atoms with Crippen LogP contribution in [0.25, 0.3) is 0 Å². The number of thioether (sulfide) groups is 1. The molecule has 14 heteroatoms. The summed E-state index contributed by atoms with van der Waals surface area (Å²) in [6.07, 6.45) is -4.61. The van der Waals surface area contributed by atoms with Gasteiger partial charge in [-0.2, -0.15) is 13.2 Å². The van der Waals surface area contributed by atoms with Gasteiger partial charge in [-0.15, -0.1) is 0 Å². The van der Waals surface area contributed by atoms with Crippen molar-refractivity contribution in [2.24, 2.45) is 5.92 Å². The number of imide groups is 1. The van der Waals surface area contributed by atoms with Crippen molar-refractivity contribution >= 4 is 58.2 Å². The maximum Gasteiger partial charge on any atom is 0.416 e.